The molecule has 2 N–H and O–H groups in total. The Morgan fingerprint density at radius 3 is 2.92 bits per heavy atom. The fourth-order valence-corrected chi connectivity index (χ4v) is 2.99. The number of hydrogen-bond donors (Lipinski definition) is 2. The monoisotopic (exact) mass is 329 g/mol. The van der Waals surface area contributed by atoms with Gasteiger partial charge in [-0.05, 0) is 26.0 Å². The summed E-state index contributed by atoms with van der Waals surface area (Å²) in [6.45, 7) is 6.75. The highest BCUT2D eigenvalue weighted by molar-refractivity contribution is 5.92. The Bertz CT molecular complexity index is 700. The quantitative estimate of drug-likeness (QED) is 0.838. The Kier molecular flexibility index (Phi) is 4.92. The number of aromatic nitrogens is 3. The molecule has 1 aliphatic rings. The zero-order chi connectivity index (χ0) is 17.1. The number of β-amino-alcohol motifs (C(OH)–C–C–N with tert-alkyl or cyclic N) is 1. The Balaban J connectivity index is 1.60. The highest BCUT2D eigenvalue weighted by atomic mass is 16.3. The van der Waals surface area contributed by atoms with Crippen molar-refractivity contribution in [2.24, 2.45) is 0 Å². The van der Waals surface area contributed by atoms with Crippen LogP contribution in [0.2, 0.25) is 0 Å². The summed E-state index contributed by atoms with van der Waals surface area (Å²) in [6.07, 6.45) is 3.04. The lowest BCUT2D eigenvalue weighted by atomic mass is 10.2. The van der Waals surface area contributed by atoms with E-state index in [1.54, 1.807) is 24.4 Å². The molecule has 1 saturated heterocycles. The molecule has 1 fully saturated rings. The lowest BCUT2D eigenvalue weighted by Gasteiger charge is -2.16. The first-order valence-electron chi connectivity index (χ1n) is 8.22. The van der Waals surface area contributed by atoms with E-state index in [1.165, 1.54) is 0 Å². The molecule has 0 aromatic carbocycles. The zero-order valence-corrected chi connectivity index (χ0v) is 14.0. The van der Waals surface area contributed by atoms with Crippen molar-refractivity contribution in [1.29, 1.82) is 0 Å². The average Bonchev–Trinajstić information content (AvgIpc) is 3.11. The highest BCUT2D eigenvalue weighted by Gasteiger charge is 2.33. The molecule has 2 atom stereocenters. The molecule has 7 nitrogen and oxygen atoms in total. The number of carbonyl (C=O) groups is 1. The van der Waals surface area contributed by atoms with E-state index in [0.717, 1.165) is 24.3 Å². The van der Waals surface area contributed by atoms with Crippen LogP contribution < -0.4 is 5.32 Å². The van der Waals surface area contributed by atoms with Gasteiger partial charge in [-0.15, -0.1) is 0 Å². The third-order valence-electron chi connectivity index (χ3n) is 4.34. The molecule has 7 heteroatoms. The van der Waals surface area contributed by atoms with Gasteiger partial charge in [0.1, 0.15) is 5.69 Å². The number of pyridine rings is 1. The Hall–Kier alpha value is -2.25. The largest absolute Gasteiger partial charge is 0.390 e. The number of nitrogens with one attached hydrogen (secondary N) is 1. The van der Waals surface area contributed by atoms with E-state index in [0.29, 0.717) is 18.8 Å². The lowest BCUT2D eigenvalue weighted by Crippen LogP contribution is -2.43. The number of rotatable bonds is 5. The molecule has 2 aromatic rings. The molecule has 0 radical (unpaired) electrons. The lowest BCUT2D eigenvalue weighted by molar-refractivity contribution is 0.0883. The number of likely N-dealkylation sites (tertiary alicyclic amines) is 1. The first-order valence-corrected chi connectivity index (χ1v) is 8.22. The Morgan fingerprint density at radius 1 is 1.42 bits per heavy atom. The zero-order valence-electron chi connectivity index (χ0n) is 14.0. The van der Waals surface area contributed by atoms with Crippen molar-refractivity contribution in [3.8, 4) is 0 Å². The fourth-order valence-electron chi connectivity index (χ4n) is 2.99. The Morgan fingerprint density at radius 2 is 2.25 bits per heavy atom. The summed E-state index contributed by atoms with van der Waals surface area (Å²) >= 11 is 0. The van der Waals surface area contributed by atoms with Gasteiger partial charge in [0.2, 0.25) is 0 Å². The SMILES string of the molecule is CCn1cc(CN2C[C@@H](O)[C@H](NC(=O)c3ccccn3)C2)c(C)n1. The molecular formula is C17H23N5O2. The molecule has 3 heterocycles. The molecule has 0 bridgehead atoms. The molecule has 1 amide bonds. The smallest absolute Gasteiger partial charge is 0.270 e. The fraction of sp³-hybridized carbons (Fsp3) is 0.471. The molecule has 0 spiro atoms. The molecular weight excluding hydrogens is 306 g/mol. The van der Waals surface area contributed by atoms with Crippen molar-refractivity contribution in [1.82, 2.24) is 25.0 Å². The molecule has 2 aromatic heterocycles. The van der Waals surface area contributed by atoms with Crippen molar-refractivity contribution in [2.45, 2.75) is 39.1 Å². The number of carbonyl (C=O) groups excluding carboxylic acids is 1. The standard InChI is InChI=1S/C17H23N5O2/c1-3-22-9-13(12(2)20-22)8-21-10-15(16(23)11-21)19-17(24)14-6-4-5-7-18-14/h4-7,9,15-16,23H,3,8,10-11H2,1-2H3,(H,19,24)/t15-,16-/m1/s1. The van der Waals surface area contributed by atoms with Gasteiger partial charge in [0.25, 0.3) is 5.91 Å². The van der Waals surface area contributed by atoms with Crippen LogP contribution >= 0.6 is 0 Å². The molecule has 24 heavy (non-hydrogen) atoms. The van der Waals surface area contributed by atoms with Gasteiger partial charge >= 0.3 is 0 Å². The van der Waals surface area contributed by atoms with E-state index in [1.807, 2.05) is 17.8 Å². The van der Waals surface area contributed by atoms with Gasteiger partial charge in [-0.2, -0.15) is 5.10 Å². The van der Waals surface area contributed by atoms with Crippen molar-refractivity contribution in [3.05, 3.63) is 47.5 Å². The predicted octanol–water partition coefficient (Wildman–Crippen LogP) is 0.582. The second kappa shape index (κ2) is 7.11. The number of amides is 1. The summed E-state index contributed by atoms with van der Waals surface area (Å²) in [5.41, 5.74) is 2.52. The van der Waals surface area contributed by atoms with E-state index in [4.69, 9.17) is 0 Å². The number of aryl methyl sites for hydroxylation is 2. The predicted molar refractivity (Wildman–Crippen MR) is 89.4 cm³/mol. The van der Waals surface area contributed by atoms with E-state index >= 15 is 0 Å². The first-order chi connectivity index (χ1) is 11.6. The minimum Gasteiger partial charge on any atom is -0.390 e. The molecule has 1 aliphatic heterocycles. The second-order valence-corrected chi connectivity index (χ2v) is 6.15. The van der Waals surface area contributed by atoms with Crippen molar-refractivity contribution in [2.75, 3.05) is 13.1 Å². The maximum absolute atomic E-state index is 12.2. The van der Waals surface area contributed by atoms with Crippen molar-refractivity contribution in [3.63, 3.8) is 0 Å². The highest BCUT2D eigenvalue weighted by Crippen LogP contribution is 2.16. The molecule has 0 saturated carbocycles. The third-order valence-corrected chi connectivity index (χ3v) is 4.34. The summed E-state index contributed by atoms with van der Waals surface area (Å²) in [6, 6.07) is 4.91. The van der Waals surface area contributed by atoms with Crippen LogP contribution in [0, 0.1) is 6.92 Å². The van der Waals surface area contributed by atoms with Crippen molar-refractivity contribution >= 4 is 5.91 Å². The van der Waals surface area contributed by atoms with Crippen LogP contribution in [0.4, 0.5) is 0 Å². The molecule has 0 unspecified atom stereocenters. The maximum Gasteiger partial charge on any atom is 0.270 e. The first kappa shape index (κ1) is 16.6. The van der Waals surface area contributed by atoms with Crippen LogP contribution in [0.15, 0.2) is 30.6 Å². The van der Waals surface area contributed by atoms with Crippen LogP contribution in [0.5, 0.6) is 0 Å². The number of hydrogen-bond acceptors (Lipinski definition) is 5. The van der Waals surface area contributed by atoms with Crippen LogP contribution in [-0.2, 0) is 13.1 Å². The number of nitrogens with zero attached hydrogens (tertiary/aromatic N) is 4. The van der Waals surface area contributed by atoms with E-state index in [2.05, 4.69) is 27.2 Å². The van der Waals surface area contributed by atoms with Gasteiger partial charge in [0.05, 0.1) is 17.8 Å². The van der Waals surface area contributed by atoms with Crippen LogP contribution in [0.25, 0.3) is 0 Å². The molecule has 3 rings (SSSR count). The van der Waals surface area contributed by atoms with Crippen LogP contribution in [0.1, 0.15) is 28.7 Å². The van der Waals surface area contributed by atoms with E-state index in [9.17, 15) is 9.90 Å². The molecule has 0 aliphatic carbocycles. The number of aliphatic hydroxyl groups excluding tert-OH is 1. The third kappa shape index (κ3) is 3.63. The average molecular weight is 329 g/mol. The Labute approximate surface area is 141 Å². The summed E-state index contributed by atoms with van der Waals surface area (Å²) in [4.78, 5) is 18.4. The maximum atomic E-state index is 12.2. The molecule has 128 valence electrons. The van der Waals surface area contributed by atoms with Gasteiger partial charge in [0.15, 0.2) is 0 Å². The minimum atomic E-state index is -0.584. The van der Waals surface area contributed by atoms with Gasteiger partial charge in [-0.25, -0.2) is 0 Å². The summed E-state index contributed by atoms with van der Waals surface area (Å²) in [5, 5.41) is 17.6. The van der Waals surface area contributed by atoms with Gasteiger partial charge < -0.3 is 10.4 Å². The topological polar surface area (TPSA) is 83.3 Å². The summed E-state index contributed by atoms with van der Waals surface area (Å²) < 4.78 is 1.91. The van der Waals surface area contributed by atoms with Gasteiger partial charge in [0, 0.05) is 44.1 Å². The number of aliphatic hydroxyl groups is 1. The normalized spacial score (nSPS) is 21.1. The second-order valence-electron chi connectivity index (χ2n) is 6.15. The van der Waals surface area contributed by atoms with Crippen molar-refractivity contribution < 1.29 is 9.90 Å². The van der Waals surface area contributed by atoms with E-state index in [-0.39, 0.29) is 11.9 Å². The summed E-state index contributed by atoms with van der Waals surface area (Å²) in [7, 11) is 0. The minimum absolute atomic E-state index is 0.253. The van der Waals surface area contributed by atoms with Gasteiger partial charge in [-0.1, -0.05) is 6.07 Å². The van der Waals surface area contributed by atoms with Gasteiger partial charge in [-0.3, -0.25) is 19.4 Å². The summed E-state index contributed by atoms with van der Waals surface area (Å²) in [5.74, 6) is -0.253. The van der Waals surface area contributed by atoms with Crippen LogP contribution in [0.3, 0.4) is 0 Å². The van der Waals surface area contributed by atoms with E-state index < -0.39 is 6.10 Å². The van der Waals surface area contributed by atoms with Crippen LogP contribution in [-0.4, -0.2) is 55.9 Å².